The van der Waals surface area contributed by atoms with E-state index in [1.807, 2.05) is 23.4 Å². The molecule has 3 aromatic rings. The summed E-state index contributed by atoms with van der Waals surface area (Å²) in [6.07, 6.45) is 3.86. The van der Waals surface area contributed by atoms with Crippen LogP contribution in [0, 0.1) is 6.92 Å². The fraction of sp³-hybridized carbons (Fsp3) is 0.391. The first kappa shape index (κ1) is 20.0. The fourth-order valence-electron chi connectivity index (χ4n) is 3.74. The maximum absolute atomic E-state index is 12.8. The lowest BCUT2D eigenvalue weighted by atomic mass is 10.2. The highest BCUT2D eigenvalue weighted by atomic mass is 32.2. The smallest absolute Gasteiger partial charge is 0.242 e. The monoisotopic (exact) mass is 408 g/mol. The molecule has 152 valence electrons. The van der Waals surface area contributed by atoms with Gasteiger partial charge in [0.2, 0.25) is 5.91 Å². The second-order valence-electron chi connectivity index (χ2n) is 7.58. The lowest BCUT2D eigenvalue weighted by Crippen LogP contribution is -2.49. The summed E-state index contributed by atoms with van der Waals surface area (Å²) < 4.78 is 2.06. The van der Waals surface area contributed by atoms with Gasteiger partial charge in [0.05, 0.1) is 5.52 Å². The molecule has 1 saturated heterocycles. The molecule has 1 aliphatic rings. The number of fused-ring (bicyclic) bond motifs is 1. The van der Waals surface area contributed by atoms with E-state index in [2.05, 4.69) is 58.6 Å². The van der Waals surface area contributed by atoms with Crippen molar-refractivity contribution in [1.82, 2.24) is 19.4 Å². The van der Waals surface area contributed by atoms with Crippen molar-refractivity contribution in [1.29, 1.82) is 0 Å². The molecule has 2 aromatic heterocycles. The molecule has 29 heavy (non-hydrogen) atoms. The molecule has 0 N–H and O–H groups in total. The molecule has 0 saturated carbocycles. The van der Waals surface area contributed by atoms with Gasteiger partial charge >= 0.3 is 0 Å². The summed E-state index contributed by atoms with van der Waals surface area (Å²) in [5.74, 6) is 1.09. The minimum absolute atomic E-state index is 0.198. The number of aryl methyl sites for hydroxylation is 1. The van der Waals surface area contributed by atoms with Crippen molar-refractivity contribution in [2.45, 2.75) is 31.2 Å². The standard InChI is InChI=1S/C23H28N4OS/c1-3-25-12-14-26(15-13-25)22(28)16-27-11-9-20-21(27)8-10-24-23(20)29-17-19-6-4-18(2)5-7-19/h4-11H,3,12-17H2,1-2H3. The van der Waals surface area contributed by atoms with Gasteiger partial charge in [-0.15, -0.1) is 11.8 Å². The van der Waals surface area contributed by atoms with Crippen LogP contribution in [-0.2, 0) is 17.1 Å². The van der Waals surface area contributed by atoms with Gasteiger partial charge in [0.15, 0.2) is 0 Å². The summed E-state index contributed by atoms with van der Waals surface area (Å²) in [6, 6.07) is 12.7. The molecule has 1 aromatic carbocycles. The third kappa shape index (κ3) is 4.65. The number of benzene rings is 1. The number of amides is 1. The highest BCUT2D eigenvalue weighted by Gasteiger charge is 2.20. The second-order valence-corrected chi connectivity index (χ2v) is 8.55. The Balaban J connectivity index is 1.44. The molecule has 0 bridgehead atoms. The molecule has 1 aliphatic heterocycles. The van der Waals surface area contributed by atoms with E-state index in [0.29, 0.717) is 6.54 Å². The van der Waals surface area contributed by atoms with Gasteiger partial charge in [-0.2, -0.15) is 0 Å². The molecule has 3 heterocycles. The van der Waals surface area contributed by atoms with Crippen molar-refractivity contribution in [3.63, 3.8) is 0 Å². The number of carbonyl (C=O) groups is 1. The Bertz CT molecular complexity index is 974. The van der Waals surface area contributed by atoms with Crippen molar-refractivity contribution in [3.8, 4) is 0 Å². The molecule has 4 rings (SSSR count). The zero-order valence-electron chi connectivity index (χ0n) is 17.2. The van der Waals surface area contributed by atoms with Crippen LogP contribution in [0.4, 0.5) is 0 Å². The average molecular weight is 409 g/mol. The fourth-order valence-corrected chi connectivity index (χ4v) is 4.70. The Kier molecular flexibility index (Phi) is 6.21. The highest BCUT2D eigenvalue weighted by Crippen LogP contribution is 2.29. The van der Waals surface area contributed by atoms with Crippen LogP contribution in [-0.4, -0.2) is 58.0 Å². The first-order valence-electron chi connectivity index (χ1n) is 10.3. The normalized spacial score (nSPS) is 15.2. The van der Waals surface area contributed by atoms with Crippen molar-refractivity contribution in [3.05, 3.63) is 59.9 Å². The third-order valence-electron chi connectivity index (χ3n) is 5.64. The number of piperazine rings is 1. The number of nitrogens with zero attached hydrogens (tertiary/aromatic N) is 4. The summed E-state index contributed by atoms with van der Waals surface area (Å²) >= 11 is 1.75. The number of aromatic nitrogens is 2. The Labute approximate surface area is 176 Å². The van der Waals surface area contributed by atoms with Gasteiger partial charge < -0.3 is 14.4 Å². The van der Waals surface area contributed by atoms with Crippen LogP contribution in [0.3, 0.4) is 0 Å². The van der Waals surface area contributed by atoms with E-state index >= 15 is 0 Å². The molecule has 1 fully saturated rings. The first-order valence-corrected chi connectivity index (χ1v) is 11.2. The summed E-state index contributed by atoms with van der Waals surface area (Å²) in [5, 5.41) is 2.14. The van der Waals surface area contributed by atoms with Crippen LogP contribution in [0.25, 0.3) is 10.9 Å². The van der Waals surface area contributed by atoms with Gasteiger partial charge in [0.1, 0.15) is 11.6 Å². The number of rotatable bonds is 6. The van der Waals surface area contributed by atoms with Crippen LogP contribution in [0.2, 0.25) is 0 Å². The van der Waals surface area contributed by atoms with Crippen LogP contribution in [0.15, 0.2) is 53.8 Å². The number of hydrogen-bond donors (Lipinski definition) is 0. The molecule has 0 spiro atoms. The lowest BCUT2D eigenvalue weighted by Gasteiger charge is -2.34. The topological polar surface area (TPSA) is 41.4 Å². The van der Waals surface area contributed by atoms with Gasteiger partial charge in [-0.3, -0.25) is 4.79 Å². The first-order chi connectivity index (χ1) is 14.1. The Morgan fingerprint density at radius 2 is 1.83 bits per heavy atom. The molecule has 5 nitrogen and oxygen atoms in total. The van der Waals surface area contributed by atoms with E-state index in [4.69, 9.17) is 0 Å². The van der Waals surface area contributed by atoms with E-state index in [1.165, 1.54) is 11.1 Å². The predicted molar refractivity (Wildman–Crippen MR) is 119 cm³/mol. The molecule has 0 aliphatic carbocycles. The van der Waals surface area contributed by atoms with E-state index < -0.39 is 0 Å². The Hall–Kier alpha value is -2.31. The zero-order valence-corrected chi connectivity index (χ0v) is 18.0. The van der Waals surface area contributed by atoms with Crippen molar-refractivity contribution in [2.75, 3.05) is 32.7 Å². The predicted octanol–water partition coefficient (Wildman–Crippen LogP) is 3.80. The van der Waals surface area contributed by atoms with Gasteiger partial charge in [-0.1, -0.05) is 36.8 Å². The van der Waals surface area contributed by atoms with Crippen LogP contribution >= 0.6 is 11.8 Å². The molecule has 0 atom stereocenters. The van der Waals surface area contributed by atoms with Crippen molar-refractivity contribution in [2.24, 2.45) is 0 Å². The molecular weight excluding hydrogens is 380 g/mol. The SMILES string of the molecule is CCN1CCN(C(=O)Cn2ccc3c(SCc4ccc(C)cc4)nccc32)CC1. The summed E-state index contributed by atoms with van der Waals surface area (Å²) in [5.41, 5.74) is 3.64. The average Bonchev–Trinajstić information content (AvgIpc) is 3.17. The number of carbonyl (C=O) groups excluding carboxylic acids is 1. The van der Waals surface area contributed by atoms with E-state index in [1.54, 1.807) is 11.8 Å². The van der Waals surface area contributed by atoms with Crippen molar-refractivity contribution >= 4 is 28.6 Å². The molecule has 0 radical (unpaired) electrons. The largest absolute Gasteiger partial charge is 0.339 e. The van der Waals surface area contributed by atoms with E-state index in [9.17, 15) is 4.79 Å². The molecule has 1 amide bonds. The number of likely N-dealkylation sites (N-methyl/N-ethyl adjacent to an activating group) is 1. The van der Waals surface area contributed by atoms with Crippen molar-refractivity contribution < 1.29 is 4.79 Å². The Morgan fingerprint density at radius 3 is 2.55 bits per heavy atom. The molecular formula is C23H28N4OS. The minimum atomic E-state index is 0.198. The summed E-state index contributed by atoms with van der Waals surface area (Å²) in [6.45, 7) is 9.31. The molecule has 6 heteroatoms. The number of thioether (sulfide) groups is 1. The quantitative estimate of drug-likeness (QED) is 0.582. The number of hydrogen-bond acceptors (Lipinski definition) is 4. The zero-order chi connectivity index (χ0) is 20.2. The highest BCUT2D eigenvalue weighted by molar-refractivity contribution is 7.98. The third-order valence-corrected chi connectivity index (χ3v) is 6.71. The second kappa shape index (κ2) is 9.01. The minimum Gasteiger partial charge on any atom is -0.339 e. The summed E-state index contributed by atoms with van der Waals surface area (Å²) in [4.78, 5) is 21.8. The number of pyridine rings is 1. The summed E-state index contributed by atoms with van der Waals surface area (Å²) in [7, 11) is 0. The van der Waals surface area contributed by atoms with Crippen LogP contribution in [0.5, 0.6) is 0 Å². The van der Waals surface area contributed by atoms with E-state index in [0.717, 1.165) is 54.4 Å². The van der Waals surface area contributed by atoms with Gasteiger partial charge in [0, 0.05) is 49.7 Å². The Morgan fingerprint density at radius 1 is 1.07 bits per heavy atom. The van der Waals surface area contributed by atoms with Crippen LogP contribution < -0.4 is 0 Å². The molecule has 0 unspecified atom stereocenters. The van der Waals surface area contributed by atoms with Gasteiger partial charge in [0.25, 0.3) is 0 Å². The lowest BCUT2D eigenvalue weighted by molar-refractivity contribution is -0.133. The van der Waals surface area contributed by atoms with E-state index in [-0.39, 0.29) is 5.91 Å². The maximum atomic E-state index is 12.8. The maximum Gasteiger partial charge on any atom is 0.242 e. The van der Waals surface area contributed by atoms with Crippen LogP contribution in [0.1, 0.15) is 18.1 Å². The van der Waals surface area contributed by atoms with Gasteiger partial charge in [-0.25, -0.2) is 4.98 Å². The van der Waals surface area contributed by atoms with Gasteiger partial charge in [-0.05, 0) is 31.2 Å².